The number of halogens is 2. The molecule has 6 nitrogen and oxygen atoms in total. The summed E-state index contributed by atoms with van der Waals surface area (Å²) in [4.78, 5) is 42.5. The van der Waals surface area contributed by atoms with Crippen LogP contribution in [0.5, 0.6) is 5.75 Å². The quantitative estimate of drug-likeness (QED) is 0.309. The van der Waals surface area contributed by atoms with Gasteiger partial charge in [0.2, 0.25) is 5.91 Å². The maximum Gasteiger partial charge on any atom is 0.257 e. The highest BCUT2D eigenvalue weighted by Gasteiger charge is 2.44. The van der Waals surface area contributed by atoms with Crippen molar-refractivity contribution in [2.24, 2.45) is 0 Å². The lowest BCUT2D eigenvalue weighted by atomic mass is 10.1. The van der Waals surface area contributed by atoms with E-state index in [1.165, 1.54) is 12.0 Å². The monoisotopic (exact) mass is 574 g/mol. The number of imide groups is 1. The third-order valence-corrected chi connectivity index (χ3v) is 6.55. The topological polar surface area (TPSA) is 66.9 Å². The molecule has 8 heteroatoms. The van der Waals surface area contributed by atoms with Gasteiger partial charge in [0.15, 0.2) is 0 Å². The van der Waals surface area contributed by atoms with Crippen LogP contribution in [-0.2, 0) is 16.1 Å². The normalized spacial score (nSPS) is 15.6. The van der Waals surface area contributed by atoms with Crippen LogP contribution in [0.2, 0.25) is 5.02 Å². The van der Waals surface area contributed by atoms with Gasteiger partial charge in [0.25, 0.3) is 11.8 Å². The zero-order valence-electron chi connectivity index (χ0n) is 17.7. The lowest BCUT2D eigenvalue weighted by Crippen LogP contribution is -2.45. The summed E-state index contributed by atoms with van der Waals surface area (Å²) in [5.41, 5.74) is 1.53. The third kappa shape index (κ3) is 4.89. The molecule has 3 aromatic carbocycles. The van der Waals surface area contributed by atoms with Crippen LogP contribution in [0.3, 0.4) is 0 Å². The van der Waals surface area contributed by atoms with Gasteiger partial charge >= 0.3 is 0 Å². The highest BCUT2D eigenvalue weighted by molar-refractivity contribution is 14.1. The van der Waals surface area contributed by atoms with Crippen molar-refractivity contribution < 1.29 is 19.1 Å². The fourth-order valence-corrected chi connectivity index (χ4v) is 4.33. The minimum absolute atomic E-state index is 0.0833. The van der Waals surface area contributed by atoms with Gasteiger partial charge in [-0.3, -0.25) is 14.4 Å². The van der Waals surface area contributed by atoms with Crippen LogP contribution in [0, 0.1) is 3.57 Å². The summed E-state index contributed by atoms with van der Waals surface area (Å²) in [6, 6.07) is 20.0. The zero-order valence-corrected chi connectivity index (χ0v) is 20.6. The van der Waals surface area contributed by atoms with Gasteiger partial charge < -0.3 is 9.64 Å². The van der Waals surface area contributed by atoms with Crippen LogP contribution < -0.4 is 9.64 Å². The molecule has 1 aliphatic rings. The van der Waals surface area contributed by atoms with Gasteiger partial charge in [0.05, 0.1) is 19.2 Å². The predicted molar refractivity (Wildman–Crippen MR) is 134 cm³/mol. The molecule has 3 amide bonds. The first kappa shape index (κ1) is 23.3. The summed E-state index contributed by atoms with van der Waals surface area (Å²) in [5.74, 6) is -0.657. The molecule has 0 radical (unpaired) electrons. The van der Waals surface area contributed by atoms with Gasteiger partial charge in [-0.1, -0.05) is 35.9 Å². The molecule has 1 atom stereocenters. The van der Waals surface area contributed by atoms with E-state index in [0.717, 1.165) is 8.47 Å². The van der Waals surface area contributed by atoms with Crippen LogP contribution in [-0.4, -0.2) is 35.8 Å². The number of benzene rings is 3. The van der Waals surface area contributed by atoms with E-state index in [4.69, 9.17) is 16.3 Å². The van der Waals surface area contributed by atoms with Crippen molar-refractivity contribution in [3.05, 3.63) is 92.5 Å². The Morgan fingerprint density at radius 1 is 1.09 bits per heavy atom. The number of carbonyl (C=O) groups is 3. The minimum atomic E-state index is -0.952. The molecule has 0 aliphatic carbocycles. The Bertz CT molecular complexity index is 1220. The summed E-state index contributed by atoms with van der Waals surface area (Å²) in [5, 5.41) is 0.479. The van der Waals surface area contributed by atoms with Crippen molar-refractivity contribution in [2.75, 3.05) is 12.0 Å². The summed E-state index contributed by atoms with van der Waals surface area (Å²) in [6.45, 7) is 0.0833. The Kier molecular flexibility index (Phi) is 6.99. The highest BCUT2D eigenvalue weighted by Crippen LogP contribution is 2.30. The second-order valence-electron chi connectivity index (χ2n) is 7.52. The Morgan fingerprint density at radius 3 is 2.52 bits per heavy atom. The molecule has 1 unspecified atom stereocenters. The molecule has 0 spiro atoms. The van der Waals surface area contributed by atoms with Crippen molar-refractivity contribution in [3.63, 3.8) is 0 Å². The summed E-state index contributed by atoms with van der Waals surface area (Å²) < 4.78 is 6.24. The van der Waals surface area contributed by atoms with Crippen LogP contribution in [0.15, 0.2) is 72.8 Å². The average Bonchev–Trinajstić information content (AvgIpc) is 3.12. The average molecular weight is 575 g/mol. The lowest BCUT2D eigenvalue weighted by Gasteiger charge is -2.28. The number of hydrogen-bond donors (Lipinski definition) is 0. The van der Waals surface area contributed by atoms with Gasteiger partial charge in [-0.15, -0.1) is 0 Å². The van der Waals surface area contributed by atoms with E-state index in [1.54, 1.807) is 54.6 Å². The molecule has 3 aromatic rings. The van der Waals surface area contributed by atoms with E-state index in [9.17, 15) is 14.4 Å². The Morgan fingerprint density at radius 2 is 1.82 bits per heavy atom. The van der Waals surface area contributed by atoms with Gasteiger partial charge in [0.1, 0.15) is 11.8 Å². The van der Waals surface area contributed by atoms with E-state index in [2.05, 4.69) is 22.6 Å². The lowest BCUT2D eigenvalue weighted by molar-refractivity contribution is -0.122. The smallest absolute Gasteiger partial charge is 0.257 e. The molecule has 1 fully saturated rings. The highest BCUT2D eigenvalue weighted by atomic mass is 127. The second-order valence-corrected chi connectivity index (χ2v) is 9.17. The van der Waals surface area contributed by atoms with Crippen LogP contribution >= 0.6 is 34.2 Å². The summed E-state index contributed by atoms with van der Waals surface area (Å²) >= 11 is 8.51. The molecular formula is C25H20ClIN2O4. The number of nitrogens with zero attached hydrogens (tertiary/aromatic N) is 2. The van der Waals surface area contributed by atoms with E-state index in [1.807, 2.05) is 18.2 Å². The number of amides is 3. The first-order chi connectivity index (χ1) is 15.9. The summed E-state index contributed by atoms with van der Waals surface area (Å²) in [6.07, 6.45) is -0.106. The molecule has 33 heavy (non-hydrogen) atoms. The zero-order chi connectivity index (χ0) is 23.5. The Labute approximate surface area is 210 Å². The number of carbonyl (C=O) groups excluding carboxylic acids is 3. The van der Waals surface area contributed by atoms with E-state index in [0.29, 0.717) is 27.6 Å². The molecule has 1 aliphatic heterocycles. The van der Waals surface area contributed by atoms with Crippen LogP contribution in [0.4, 0.5) is 5.69 Å². The molecule has 0 aromatic heterocycles. The molecular weight excluding hydrogens is 555 g/mol. The van der Waals surface area contributed by atoms with Gasteiger partial charge in [-0.05, 0) is 76.7 Å². The van der Waals surface area contributed by atoms with Crippen molar-refractivity contribution in [3.8, 4) is 5.75 Å². The molecule has 1 saturated heterocycles. The third-order valence-electron chi connectivity index (χ3n) is 5.46. The number of ether oxygens (including phenoxy) is 1. The number of methoxy groups -OCH3 is 1. The standard InChI is InChI=1S/C25H20ClIN2O4/c1-33-20-7-4-6-16(13-20)24(31)28(15-17-5-2-3-8-21(17)26)22-14-23(30)29(25(22)32)19-11-9-18(27)10-12-19/h2-13,22H,14-15H2,1H3. The van der Waals surface area contributed by atoms with E-state index in [-0.39, 0.29) is 24.8 Å². The minimum Gasteiger partial charge on any atom is -0.497 e. The molecule has 1 heterocycles. The van der Waals surface area contributed by atoms with E-state index < -0.39 is 11.9 Å². The Hall–Kier alpha value is -2.91. The van der Waals surface area contributed by atoms with Crippen molar-refractivity contribution in [1.29, 1.82) is 0 Å². The fourth-order valence-electron chi connectivity index (χ4n) is 3.78. The number of anilines is 1. The molecule has 168 valence electrons. The number of hydrogen-bond acceptors (Lipinski definition) is 4. The summed E-state index contributed by atoms with van der Waals surface area (Å²) in [7, 11) is 1.52. The van der Waals surface area contributed by atoms with Gasteiger partial charge in [-0.2, -0.15) is 0 Å². The molecule has 0 N–H and O–H groups in total. The van der Waals surface area contributed by atoms with Gasteiger partial charge in [0, 0.05) is 20.7 Å². The fraction of sp³-hybridized carbons (Fsp3) is 0.160. The van der Waals surface area contributed by atoms with E-state index >= 15 is 0 Å². The van der Waals surface area contributed by atoms with Crippen LogP contribution in [0.25, 0.3) is 0 Å². The molecule has 0 saturated carbocycles. The largest absolute Gasteiger partial charge is 0.497 e. The molecule has 4 rings (SSSR count). The second kappa shape index (κ2) is 9.93. The molecule has 0 bridgehead atoms. The maximum atomic E-state index is 13.6. The van der Waals surface area contributed by atoms with Crippen molar-refractivity contribution in [1.82, 2.24) is 4.90 Å². The number of rotatable bonds is 6. The van der Waals surface area contributed by atoms with Crippen molar-refractivity contribution in [2.45, 2.75) is 19.0 Å². The Balaban J connectivity index is 1.71. The predicted octanol–water partition coefficient (Wildman–Crippen LogP) is 4.93. The first-order valence-corrected chi connectivity index (χ1v) is 11.7. The van der Waals surface area contributed by atoms with Gasteiger partial charge in [-0.25, -0.2) is 4.90 Å². The van der Waals surface area contributed by atoms with Crippen molar-refractivity contribution >= 4 is 57.6 Å². The first-order valence-electron chi connectivity index (χ1n) is 10.2. The maximum absolute atomic E-state index is 13.6. The van der Waals surface area contributed by atoms with Crippen LogP contribution in [0.1, 0.15) is 22.3 Å². The SMILES string of the molecule is COc1cccc(C(=O)N(Cc2ccccc2Cl)C2CC(=O)N(c3ccc(I)cc3)C2=O)c1.